The minimum atomic E-state index is -3.68. The molecule has 0 saturated carbocycles. The molecule has 2 rings (SSSR count). The van der Waals surface area contributed by atoms with E-state index >= 15 is 0 Å². The molecule has 1 amide bonds. The Hall–Kier alpha value is -2.09. The lowest BCUT2D eigenvalue weighted by atomic mass is 9.84. The zero-order chi connectivity index (χ0) is 21.5. The zero-order valence-corrected chi connectivity index (χ0v) is 18.4. The predicted octanol–water partition coefficient (Wildman–Crippen LogP) is 3.50. The number of benzene rings is 2. The van der Waals surface area contributed by atoms with Crippen molar-refractivity contribution in [2.75, 3.05) is 19.7 Å². The van der Waals surface area contributed by atoms with Gasteiger partial charge >= 0.3 is 0 Å². The van der Waals surface area contributed by atoms with Gasteiger partial charge in [-0.15, -0.1) is 0 Å². The molecule has 0 heterocycles. The Morgan fingerprint density at radius 1 is 1.07 bits per heavy atom. The van der Waals surface area contributed by atoms with E-state index in [4.69, 9.17) is 16.3 Å². The molecule has 8 heteroatoms. The molecule has 158 valence electrons. The SMILES string of the molecule is CCOc1ccc(S(=O)(=O)NCCC(=O)NCC(C)(C)c2ccc(Cl)cc2)cc1. The molecule has 2 N–H and O–H groups in total. The van der Waals surface area contributed by atoms with E-state index in [0.717, 1.165) is 5.56 Å². The second-order valence-corrected chi connectivity index (χ2v) is 9.42. The van der Waals surface area contributed by atoms with Gasteiger partial charge < -0.3 is 10.1 Å². The maximum Gasteiger partial charge on any atom is 0.240 e. The summed E-state index contributed by atoms with van der Waals surface area (Å²) in [5, 5.41) is 3.52. The van der Waals surface area contributed by atoms with Crippen molar-refractivity contribution < 1.29 is 17.9 Å². The average Bonchev–Trinajstić information content (AvgIpc) is 2.67. The van der Waals surface area contributed by atoms with Crippen molar-refractivity contribution in [3.63, 3.8) is 0 Å². The Bertz CT molecular complexity index is 911. The second-order valence-electron chi connectivity index (χ2n) is 7.22. The Kier molecular flexibility index (Phi) is 8.07. The first-order chi connectivity index (χ1) is 13.6. The van der Waals surface area contributed by atoms with Crippen LogP contribution in [0.4, 0.5) is 0 Å². The van der Waals surface area contributed by atoms with E-state index in [0.29, 0.717) is 23.9 Å². The molecule has 2 aromatic carbocycles. The van der Waals surface area contributed by atoms with E-state index in [1.807, 2.05) is 45.0 Å². The first-order valence-electron chi connectivity index (χ1n) is 9.39. The third kappa shape index (κ3) is 7.03. The molecule has 0 atom stereocenters. The predicted molar refractivity (Wildman–Crippen MR) is 115 cm³/mol. The standard InChI is InChI=1S/C21H27ClN2O4S/c1-4-28-18-9-11-19(12-10-18)29(26,27)24-14-13-20(25)23-15-21(2,3)16-5-7-17(22)8-6-16/h5-12,24H,4,13-15H2,1-3H3,(H,23,25). The van der Waals surface area contributed by atoms with Crippen LogP contribution in [0.1, 0.15) is 32.8 Å². The average molecular weight is 439 g/mol. The molecule has 0 aliphatic carbocycles. The number of carbonyl (C=O) groups excluding carboxylic acids is 1. The summed E-state index contributed by atoms with van der Waals surface area (Å²) in [6, 6.07) is 13.6. The van der Waals surface area contributed by atoms with Crippen LogP contribution < -0.4 is 14.8 Å². The Labute approximate surface area is 177 Å². The van der Waals surface area contributed by atoms with Gasteiger partial charge in [-0.3, -0.25) is 4.79 Å². The molecule has 0 aliphatic heterocycles. The quantitative estimate of drug-likeness (QED) is 0.594. The number of amides is 1. The van der Waals surface area contributed by atoms with Gasteiger partial charge in [0.1, 0.15) is 5.75 Å². The first-order valence-corrected chi connectivity index (χ1v) is 11.3. The molecule has 0 spiro atoms. The third-order valence-electron chi connectivity index (χ3n) is 4.44. The van der Waals surface area contributed by atoms with Crippen LogP contribution in [-0.2, 0) is 20.2 Å². The number of hydrogen-bond donors (Lipinski definition) is 2. The summed E-state index contributed by atoms with van der Waals surface area (Å²) >= 11 is 5.92. The number of halogens is 1. The summed E-state index contributed by atoms with van der Waals surface area (Å²) < 4.78 is 32.4. The maximum absolute atomic E-state index is 12.3. The lowest BCUT2D eigenvalue weighted by Crippen LogP contribution is -2.38. The van der Waals surface area contributed by atoms with Crippen molar-refractivity contribution in [3.05, 3.63) is 59.1 Å². The van der Waals surface area contributed by atoms with Gasteiger partial charge in [0.05, 0.1) is 11.5 Å². The summed E-state index contributed by atoms with van der Waals surface area (Å²) in [6.07, 6.45) is 0.0486. The lowest BCUT2D eigenvalue weighted by Gasteiger charge is -2.25. The zero-order valence-electron chi connectivity index (χ0n) is 16.9. The van der Waals surface area contributed by atoms with Crippen LogP contribution in [-0.4, -0.2) is 34.0 Å². The second kappa shape index (κ2) is 10.1. The third-order valence-corrected chi connectivity index (χ3v) is 6.17. The highest BCUT2D eigenvalue weighted by atomic mass is 35.5. The molecule has 6 nitrogen and oxygen atoms in total. The van der Waals surface area contributed by atoms with Crippen molar-refractivity contribution >= 4 is 27.5 Å². The number of rotatable bonds is 10. The van der Waals surface area contributed by atoms with Crippen LogP contribution in [0.5, 0.6) is 5.75 Å². The minimum absolute atomic E-state index is 0.0166. The van der Waals surface area contributed by atoms with Crippen LogP contribution in [0.15, 0.2) is 53.4 Å². The van der Waals surface area contributed by atoms with Gasteiger partial charge in [-0.05, 0) is 48.9 Å². The molecule has 0 aromatic heterocycles. The summed E-state index contributed by atoms with van der Waals surface area (Å²) in [5.74, 6) is 0.385. The number of ether oxygens (including phenoxy) is 1. The largest absolute Gasteiger partial charge is 0.494 e. The monoisotopic (exact) mass is 438 g/mol. The van der Waals surface area contributed by atoms with Crippen molar-refractivity contribution in [3.8, 4) is 5.75 Å². The Morgan fingerprint density at radius 2 is 1.69 bits per heavy atom. The summed E-state index contributed by atoms with van der Waals surface area (Å²) in [4.78, 5) is 12.3. The summed E-state index contributed by atoms with van der Waals surface area (Å²) in [7, 11) is -3.68. The van der Waals surface area contributed by atoms with Crippen LogP contribution in [0.25, 0.3) is 0 Å². The van der Waals surface area contributed by atoms with E-state index in [-0.39, 0.29) is 29.2 Å². The molecule has 0 bridgehead atoms. The van der Waals surface area contributed by atoms with Gasteiger partial charge in [-0.2, -0.15) is 0 Å². The van der Waals surface area contributed by atoms with Crippen LogP contribution in [0.3, 0.4) is 0 Å². The van der Waals surface area contributed by atoms with Gasteiger partial charge in [0.2, 0.25) is 15.9 Å². The number of nitrogens with one attached hydrogen (secondary N) is 2. The van der Waals surface area contributed by atoms with E-state index in [2.05, 4.69) is 10.0 Å². The van der Waals surface area contributed by atoms with E-state index in [9.17, 15) is 13.2 Å². The van der Waals surface area contributed by atoms with E-state index < -0.39 is 10.0 Å². The molecular formula is C21H27ClN2O4S. The van der Waals surface area contributed by atoms with E-state index in [1.165, 1.54) is 12.1 Å². The van der Waals surface area contributed by atoms with Gasteiger partial charge in [0, 0.05) is 29.9 Å². The molecule has 0 saturated heterocycles. The maximum atomic E-state index is 12.3. The number of hydrogen-bond acceptors (Lipinski definition) is 4. The van der Waals surface area contributed by atoms with Gasteiger partial charge in [0.15, 0.2) is 0 Å². The molecule has 2 aromatic rings. The Balaban J connectivity index is 1.82. The van der Waals surface area contributed by atoms with Gasteiger partial charge in [0.25, 0.3) is 0 Å². The van der Waals surface area contributed by atoms with Crippen molar-refractivity contribution in [2.24, 2.45) is 0 Å². The summed E-state index contributed by atoms with van der Waals surface area (Å²) in [5.41, 5.74) is 0.778. The fraction of sp³-hybridized carbons (Fsp3) is 0.381. The first kappa shape index (κ1) is 23.2. The normalized spacial score (nSPS) is 11.9. The smallest absolute Gasteiger partial charge is 0.240 e. The van der Waals surface area contributed by atoms with Gasteiger partial charge in [-0.25, -0.2) is 13.1 Å². The fourth-order valence-corrected chi connectivity index (χ4v) is 3.83. The molecule has 0 aliphatic rings. The van der Waals surface area contributed by atoms with Gasteiger partial charge in [-0.1, -0.05) is 37.6 Å². The molecule has 29 heavy (non-hydrogen) atoms. The fourth-order valence-electron chi connectivity index (χ4n) is 2.68. The topological polar surface area (TPSA) is 84.5 Å². The van der Waals surface area contributed by atoms with Crippen LogP contribution >= 0.6 is 11.6 Å². The van der Waals surface area contributed by atoms with Crippen LogP contribution in [0, 0.1) is 0 Å². The molecule has 0 radical (unpaired) electrons. The van der Waals surface area contributed by atoms with Crippen molar-refractivity contribution in [1.29, 1.82) is 0 Å². The van der Waals surface area contributed by atoms with Crippen molar-refractivity contribution in [2.45, 2.75) is 37.5 Å². The van der Waals surface area contributed by atoms with Crippen molar-refractivity contribution in [1.82, 2.24) is 10.0 Å². The number of carbonyl (C=O) groups is 1. The summed E-state index contributed by atoms with van der Waals surface area (Å²) in [6.45, 7) is 6.85. The van der Waals surface area contributed by atoms with E-state index in [1.54, 1.807) is 12.1 Å². The lowest BCUT2D eigenvalue weighted by molar-refractivity contribution is -0.121. The molecular weight excluding hydrogens is 412 g/mol. The highest BCUT2D eigenvalue weighted by Crippen LogP contribution is 2.23. The Morgan fingerprint density at radius 3 is 2.28 bits per heavy atom. The highest BCUT2D eigenvalue weighted by molar-refractivity contribution is 7.89. The number of sulfonamides is 1. The van der Waals surface area contributed by atoms with Crippen LogP contribution in [0.2, 0.25) is 5.02 Å². The highest BCUT2D eigenvalue weighted by Gasteiger charge is 2.21. The molecule has 0 fully saturated rings. The molecule has 0 unspecified atom stereocenters. The minimum Gasteiger partial charge on any atom is -0.494 e.